The lowest BCUT2D eigenvalue weighted by atomic mass is 10.2. The third kappa shape index (κ3) is 2.20. The van der Waals surface area contributed by atoms with E-state index >= 15 is 0 Å². The summed E-state index contributed by atoms with van der Waals surface area (Å²) < 4.78 is 0. The number of benzene rings is 1. The Kier molecular flexibility index (Phi) is 4.02. The molecule has 0 aromatic heterocycles. The van der Waals surface area contributed by atoms with E-state index in [1.165, 1.54) is 15.4 Å². The van der Waals surface area contributed by atoms with Gasteiger partial charge < -0.3 is 0 Å². The molecule has 0 N–H and O–H groups in total. The summed E-state index contributed by atoms with van der Waals surface area (Å²) in [6.45, 7) is 3.90. The van der Waals surface area contributed by atoms with Crippen LogP contribution in [0.1, 0.15) is 5.56 Å². The zero-order chi connectivity index (χ0) is 8.97. The van der Waals surface area contributed by atoms with Gasteiger partial charge in [-0.25, -0.2) is 0 Å². The van der Waals surface area contributed by atoms with Crippen LogP contribution in [0.25, 0.3) is 0 Å². The number of hydrogen-bond acceptors (Lipinski definition) is 2. The van der Waals surface area contributed by atoms with E-state index in [0.717, 1.165) is 6.42 Å². The van der Waals surface area contributed by atoms with Gasteiger partial charge in [-0.1, -0.05) is 6.07 Å². The van der Waals surface area contributed by atoms with E-state index in [4.69, 9.17) is 0 Å². The quantitative estimate of drug-likeness (QED) is 0.680. The van der Waals surface area contributed by atoms with Crippen molar-refractivity contribution in [1.29, 1.82) is 0 Å². The molecule has 2 heteroatoms. The highest BCUT2D eigenvalue weighted by molar-refractivity contribution is 7.99. The summed E-state index contributed by atoms with van der Waals surface area (Å²) >= 11 is 3.58. The van der Waals surface area contributed by atoms with Gasteiger partial charge in [0.2, 0.25) is 0 Å². The van der Waals surface area contributed by atoms with E-state index in [2.05, 4.69) is 37.6 Å². The van der Waals surface area contributed by atoms with Crippen molar-refractivity contribution in [3.63, 3.8) is 0 Å². The van der Waals surface area contributed by atoms with Gasteiger partial charge in [0.1, 0.15) is 0 Å². The molecule has 0 aliphatic carbocycles. The molecule has 0 aliphatic rings. The van der Waals surface area contributed by atoms with E-state index in [-0.39, 0.29) is 0 Å². The summed E-state index contributed by atoms with van der Waals surface area (Å²) in [6, 6.07) is 6.56. The van der Waals surface area contributed by atoms with Crippen LogP contribution in [-0.2, 0) is 6.42 Å². The van der Waals surface area contributed by atoms with Gasteiger partial charge in [0, 0.05) is 9.79 Å². The maximum Gasteiger partial charge on any atom is 0.0112 e. The largest absolute Gasteiger partial charge is 0.130 e. The van der Waals surface area contributed by atoms with Gasteiger partial charge in [-0.3, -0.25) is 0 Å². The van der Waals surface area contributed by atoms with Crippen molar-refractivity contribution in [2.75, 3.05) is 12.5 Å². The molecule has 12 heavy (non-hydrogen) atoms. The molecule has 1 rings (SSSR count). The first-order valence-electron chi connectivity index (χ1n) is 3.82. The van der Waals surface area contributed by atoms with E-state index in [1.807, 2.05) is 0 Å². The van der Waals surface area contributed by atoms with Crippen molar-refractivity contribution in [2.24, 2.45) is 0 Å². The first kappa shape index (κ1) is 10.0. The summed E-state index contributed by atoms with van der Waals surface area (Å²) in [5.41, 5.74) is 1.35. The van der Waals surface area contributed by atoms with Crippen LogP contribution in [0.5, 0.6) is 0 Å². The van der Waals surface area contributed by atoms with Gasteiger partial charge in [0.05, 0.1) is 0 Å². The minimum absolute atomic E-state index is 0.880. The molecule has 1 aromatic rings. The van der Waals surface area contributed by atoms with E-state index in [1.54, 1.807) is 23.5 Å². The number of rotatable bonds is 3. The van der Waals surface area contributed by atoms with Gasteiger partial charge in [-0.2, -0.15) is 0 Å². The highest BCUT2D eigenvalue weighted by Gasteiger charge is 1.99. The maximum atomic E-state index is 3.90. The summed E-state index contributed by atoms with van der Waals surface area (Å²) in [5.74, 6) is 0. The normalized spacial score (nSPS) is 10.2. The van der Waals surface area contributed by atoms with Gasteiger partial charge in [0.25, 0.3) is 0 Å². The molecule has 0 aliphatic heterocycles. The molecule has 0 saturated carbocycles. The molecule has 0 nitrogen and oxygen atoms in total. The molecule has 0 unspecified atom stereocenters. The van der Waals surface area contributed by atoms with Crippen LogP contribution in [0.4, 0.5) is 0 Å². The van der Waals surface area contributed by atoms with Crippen LogP contribution in [0.2, 0.25) is 0 Å². The van der Waals surface area contributed by atoms with E-state index in [0.29, 0.717) is 0 Å². The molecular weight excluding hydrogens is 184 g/mol. The molecule has 0 saturated heterocycles. The third-order valence-electron chi connectivity index (χ3n) is 1.76. The fourth-order valence-corrected chi connectivity index (χ4v) is 2.25. The average Bonchev–Trinajstić information content (AvgIpc) is 2.16. The minimum Gasteiger partial charge on any atom is -0.130 e. The molecule has 0 bridgehead atoms. The Balaban J connectivity index is 3.02. The fourth-order valence-electron chi connectivity index (χ4n) is 1.06. The van der Waals surface area contributed by atoms with Crippen LogP contribution >= 0.6 is 23.5 Å². The van der Waals surface area contributed by atoms with E-state index < -0.39 is 0 Å². The second-order valence-corrected chi connectivity index (χ2v) is 4.16. The molecule has 0 heterocycles. The SMILES string of the molecule is [CH2]Cc1ccc(SC)cc1SC. The fraction of sp³-hybridized carbons (Fsp3) is 0.300. The maximum absolute atomic E-state index is 3.90. The van der Waals surface area contributed by atoms with Crippen molar-refractivity contribution >= 4 is 23.5 Å². The van der Waals surface area contributed by atoms with Crippen molar-refractivity contribution < 1.29 is 0 Å². The lowest BCUT2D eigenvalue weighted by molar-refractivity contribution is 1.15. The number of thioether (sulfide) groups is 2. The van der Waals surface area contributed by atoms with Gasteiger partial charge >= 0.3 is 0 Å². The van der Waals surface area contributed by atoms with Crippen LogP contribution < -0.4 is 0 Å². The standard InChI is InChI=1S/C10H13S2/c1-4-8-5-6-9(11-2)7-10(8)12-3/h5-7H,1,4H2,2-3H3. The Morgan fingerprint density at radius 1 is 1.25 bits per heavy atom. The van der Waals surface area contributed by atoms with Gasteiger partial charge in [-0.05, 0) is 43.6 Å². The summed E-state index contributed by atoms with van der Waals surface area (Å²) in [7, 11) is 0. The molecule has 65 valence electrons. The van der Waals surface area contributed by atoms with Crippen LogP contribution in [0, 0.1) is 6.92 Å². The highest BCUT2D eigenvalue weighted by Crippen LogP contribution is 2.26. The summed E-state index contributed by atoms with van der Waals surface area (Å²) in [5, 5.41) is 0. The second kappa shape index (κ2) is 4.83. The summed E-state index contributed by atoms with van der Waals surface area (Å²) in [6.07, 6.45) is 5.09. The molecule has 0 atom stereocenters. The molecule has 1 aromatic carbocycles. The zero-order valence-corrected chi connectivity index (χ0v) is 9.10. The minimum atomic E-state index is 0.880. The van der Waals surface area contributed by atoms with Crippen molar-refractivity contribution in [2.45, 2.75) is 16.2 Å². The third-order valence-corrected chi connectivity index (χ3v) is 3.31. The smallest absolute Gasteiger partial charge is 0.0112 e. The molecular formula is C10H13S2. The topological polar surface area (TPSA) is 0 Å². The second-order valence-electron chi connectivity index (χ2n) is 2.43. The highest BCUT2D eigenvalue weighted by atomic mass is 32.2. The van der Waals surface area contributed by atoms with Crippen molar-refractivity contribution in [3.8, 4) is 0 Å². The molecule has 0 spiro atoms. The zero-order valence-electron chi connectivity index (χ0n) is 7.46. The predicted molar refractivity (Wildman–Crippen MR) is 59.1 cm³/mol. The molecule has 1 radical (unpaired) electrons. The average molecular weight is 197 g/mol. The van der Waals surface area contributed by atoms with Crippen LogP contribution in [-0.4, -0.2) is 12.5 Å². The predicted octanol–water partition coefficient (Wildman–Crippen LogP) is 3.51. The molecule has 0 fully saturated rings. The lowest BCUT2D eigenvalue weighted by Gasteiger charge is -2.06. The molecule has 0 amide bonds. The monoisotopic (exact) mass is 197 g/mol. The van der Waals surface area contributed by atoms with Crippen LogP contribution in [0.3, 0.4) is 0 Å². The Hall–Kier alpha value is -0.0800. The summed E-state index contributed by atoms with van der Waals surface area (Å²) in [4.78, 5) is 2.69. The first-order chi connectivity index (χ1) is 5.81. The Morgan fingerprint density at radius 2 is 2.00 bits per heavy atom. The van der Waals surface area contributed by atoms with Crippen LogP contribution in [0.15, 0.2) is 28.0 Å². The number of hydrogen-bond donors (Lipinski definition) is 0. The Morgan fingerprint density at radius 3 is 2.50 bits per heavy atom. The van der Waals surface area contributed by atoms with Gasteiger partial charge in [0.15, 0.2) is 0 Å². The van der Waals surface area contributed by atoms with Crippen molar-refractivity contribution in [1.82, 2.24) is 0 Å². The first-order valence-corrected chi connectivity index (χ1v) is 6.27. The van der Waals surface area contributed by atoms with Gasteiger partial charge in [-0.15, -0.1) is 23.5 Å². The Labute approximate surface area is 83.1 Å². The lowest BCUT2D eigenvalue weighted by Crippen LogP contribution is -1.84. The van der Waals surface area contributed by atoms with E-state index in [9.17, 15) is 0 Å². The Bertz CT molecular complexity index is 256. The van der Waals surface area contributed by atoms with Crippen molar-refractivity contribution in [3.05, 3.63) is 30.7 Å².